The smallest absolute Gasteiger partial charge is 0.138 e. The van der Waals surface area contributed by atoms with Crippen molar-refractivity contribution in [2.24, 2.45) is 5.73 Å². The minimum absolute atomic E-state index is 0.00803. The molecule has 14 heavy (non-hydrogen) atoms. The zero-order valence-corrected chi connectivity index (χ0v) is 9.48. The number of ether oxygens (including phenoxy) is 1. The average molecular weight is 234 g/mol. The quantitative estimate of drug-likeness (QED) is 0.868. The molecule has 1 aromatic rings. The molecule has 0 saturated heterocycles. The van der Waals surface area contributed by atoms with Gasteiger partial charge in [-0.3, -0.25) is 0 Å². The average Bonchev–Trinajstić information content (AvgIpc) is 2.17. The molecule has 0 bridgehead atoms. The van der Waals surface area contributed by atoms with Crippen LogP contribution < -0.4 is 10.5 Å². The van der Waals surface area contributed by atoms with Crippen molar-refractivity contribution in [3.8, 4) is 5.75 Å². The van der Waals surface area contributed by atoms with Crippen LogP contribution in [0.4, 0.5) is 0 Å². The maximum absolute atomic E-state index is 5.94. The van der Waals surface area contributed by atoms with Gasteiger partial charge in [-0.2, -0.15) is 0 Å². The normalized spacial score (nSPS) is 12.6. The molecular weight excluding hydrogens is 221 g/mol. The highest BCUT2D eigenvalue weighted by Crippen LogP contribution is 2.28. The summed E-state index contributed by atoms with van der Waals surface area (Å²) in [5.74, 6) is 0.633. The first kappa shape index (κ1) is 11.6. The van der Waals surface area contributed by atoms with E-state index in [1.807, 2.05) is 6.92 Å². The Bertz CT molecular complexity index is 300. The Morgan fingerprint density at radius 1 is 1.43 bits per heavy atom. The Kier molecular flexibility index (Phi) is 4.52. The minimum atomic E-state index is 0.00803. The van der Waals surface area contributed by atoms with Crippen LogP contribution in [-0.4, -0.2) is 12.6 Å². The van der Waals surface area contributed by atoms with Gasteiger partial charge in [0, 0.05) is 11.6 Å². The van der Waals surface area contributed by atoms with Gasteiger partial charge in [0.15, 0.2) is 0 Å². The van der Waals surface area contributed by atoms with Gasteiger partial charge in [-0.05, 0) is 24.6 Å². The van der Waals surface area contributed by atoms with Gasteiger partial charge in [0.1, 0.15) is 11.9 Å². The van der Waals surface area contributed by atoms with Crippen LogP contribution in [0.1, 0.15) is 13.3 Å². The zero-order chi connectivity index (χ0) is 10.6. The van der Waals surface area contributed by atoms with E-state index in [1.54, 1.807) is 18.2 Å². The fourth-order valence-corrected chi connectivity index (χ4v) is 1.50. The van der Waals surface area contributed by atoms with E-state index in [4.69, 9.17) is 33.7 Å². The van der Waals surface area contributed by atoms with Crippen molar-refractivity contribution in [1.82, 2.24) is 0 Å². The maximum Gasteiger partial charge on any atom is 0.138 e. The van der Waals surface area contributed by atoms with Gasteiger partial charge in [0.25, 0.3) is 0 Å². The van der Waals surface area contributed by atoms with Gasteiger partial charge in [-0.1, -0.05) is 30.1 Å². The number of nitrogens with two attached hydrogens (primary N) is 1. The zero-order valence-electron chi connectivity index (χ0n) is 7.97. The molecule has 0 aliphatic heterocycles. The van der Waals surface area contributed by atoms with Crippen LogP contribution in [-0.2, 0) is 0 Å². The molecule has 4 heteroatoms. The topological polar surface area (TPSA) is 35.2 Å². The molecule has 0 radical (unpaired) electrons. The van der Waals surface area contributed by atoms with Gasteiger partial charge < -0.3 is 10.5 Å². The summed E-state index contributed by atoms with van der Waals surface area (Å²) in [5.41, 5.74) is 5.52. The number of rotatable bonds is 4. The van der Waals surface area contributed by atoms with E-state index in [0.29, 0.717) is 22.3 Å². The summed E-state index contributed by atoms with van der Waals surface area (Å²) in [6.07, 6.45) is 0.865. The van der Waals surface area contributed by atoms with Gasteiger partial charge in [-0.25, -0.2) is 0 Å². The summed E-state index contributed by atoms with van der Waals surface area (Å²) in [6, 6.07) is 5.15. The second kappa shape index (κ2) is 5.44. The van der Waals surface area contributed by atoms with Crippen LogP contribution in [0.3, 0.4) is 0 Å². The molecule has 0 aliphatic carbocycles. The molecule has 0 saturated carbocycles. The standard InChI is InChI=1S/C10H13Cl2NO/c1-2-8(6-13)14-10-4-3-7(11)5-9(10)12/h3-5,8H,2,6,13H2,1H3. The van der Waals surface area contributed by atoms with Crippen molar-refractivity contribution in [2.45, 2.75) is 19.4 Å². The molecule has 1 aromatic carbocycles. The first-order chi connectivity index (χ1) is 6.67. The summed E-state index contributed by atoms with van der Waals surface area (Å²) < 4.78 is 5.58. The third kappa shape index (κ3) is 3.05. The summed E-state index contributed by atoms with van der Waals surface area (Å²) in [7, 11) is 0. The number of hydrogen-bond acceptors (Lipinski definition) is 2. The van der Waals surface area contributed by atoms with Gasteiger partial charge in [-0.15, -0.1) is 0 Å². The number of hydrogen-bond donors (Lipinski definition) is 1. The van der Waals surface area contributed by atoms with Crippen molar-refractivity contribution in [2.75, 3.05) is 6.54 Å². The van der Waals surface area contributed by atoms with E-state index in [9.17, 15) is 0 Å². The van der Waals surface area contributed by atoms with E-state index in [0.717, 1.165) is 6.42 Å². The van der Waals surface area contributed by atoms with Crippen LogP contribution in [0.15, 0.2) is 18.2 Å². The van der Waals surface area contributed by atoms with Crippen LogP contribution >= 0.6 is 23.2 Å². The fraction of sp³-hybridized carbons (Fsp3) is 0.400. The lowest BCUT2D eigenvalue weighted by atomic mass is 10.2. The summed E-state index contributed by atoms with van der Waals surface area (Å²) in [6.45, 7) is 2.50. The molecule has 1 rings (SSSR count). The largest absolute Gasteiger partial charge is 0.488 e. The lowest BCUT2D eigenvalue weighted by Gasteiger charge is -2.16. The van der Waals surface area contributed by atoms with Crippen LogP contribution in [0, 0.1) is 0 Å². The molecular formula is C10H13Cl2NO. The van der Waals surface area contributed by atoms with E-state index < -0.39 is 0 Å². The summed E-state index contributed by atoms with van der Waals surface area (Å²) in [4.78, 5) is 0. The van der Waals surface area contributed by atoms with Crippen molar-refractivity contribution in [3.63, 3.8) is 0 Å². The Balaban J connectivity index is 2.76. The second-order valence-electron chi connectivity index (χ2n) is 2.96. The molecule has 0 amide bonds. The SMILES string of the molecule is CCC(CN)Oc1ccc(Cl)cc1Cl. The van der Waals surface area contributed by atoms with Crippen LogP contribution in [0.25, 0.3) is 0 Å². The lowest BCUT2D eigenvalue weighted by molar-refractivity contribution is 0.205. The third-order valence-electron chi connectivity index (χ3n) is 1.91. The summed E-state index contributed by atoms with van der Waals surface area (Å²) >= 11 is 11.7. The highest BCUT2D eigenvalue weighted by molar-refractivity contribution is 6.35. The van der Waals surface area contributed by atoms with E-state index >= 15 is 0 Å². The molecule has 0 fully saturated rings. The van der Waals surface area contributed by atoms with E-state index in [2.05, 4.69) is 0 Å². The van der Waals surface area contributed by atoms with Crippen molar-refractivity contribution < 1.29 is 4.74 Å². The van der Waals surface area contributed by atoms with E-state index in [1.165, 1.54) is 0 Å². The molecule has 0 aromatic heterocycles. The van der Waals surface area contributed by atoms with Crippen molar-refractivity contribution in [1.29, 1.82) is 0 Å². The second-order valence-corrected chi connectivity index (χ2v) is 3.80. The number of halogens is 2. The Morgan fingerprint density at radius 3 is 2.64 bits per heavy atom. The van der Waals surface area contributed by atoms with Crippen LogP contribution in [0.5, 0.6) is 5.75 Å². The highest BCUT2D eigenvalue weighted by Gasteiger charge is 2.08. The Hall–Kier alpha value is -0.440. The van der Waals surface area contributed by atoms with Crippen LogP contribution in [0.2, 0.25) is 10.0 Å². The van der Waals surface area contributed by atoms with E-state index in [-0.39, 0.29) is 6.10 Å². The molecule has 1 unspecified atom stereocenters. The summed E-state index contributed by atoms with van der Waals surface area (Å²) in [5, 5.41) is 1.12. The minimum Gasteiger partial charge on any atom is -0.488 e. The molecule has 0 aliphatic rings. The predicted molar refractivity (Wildman–Crippen MR) is 60.2 cm³/mol. The van der Waals surface area contributed by atoms with Crippen molar-refractivity contribution in [3.05, 3.63) is 28.2 Å². The van der Waals surface area contributed by atoms with Gasteiger partial charge in [0.05, 0.1) is 5.02 Å². The van der Waals surface area contributed by atoms with Gasteiger partial charge >= 0.3 is 0 Å². The van der Waals surface area contributed by atoms with Crippen molar-refractivity contribution >= 4 is 23.2 Å². The van der Waals surface area contributed by atoms with Gasteiger partial charge in [0.2, 0.25) is 0 Å². The lowest BCUT2D eigenvalue weighted by Crippen LogP contribution is -2.25. The molecule has 0 heterocycles. The highest BCUT2D eigenvalue weighted by atomic mass is 35.5. The molecule has 2 N–H and O–H groups in total. The molecule has 2 nitrogen and oxygen atoms in total. The maximum atomic E-state index is 5.94. The first-order valence-corrected chi connectivity index (χ1v) is 5.24. The third-order valence-corrected chi connectivity index (χ3v) is 2.44. The monoisotopic (exact) mass is 233 g/mol. The Labute approximate surface area is 94.0 Å². The predicted octanol–water partition coefficient (Wildman–Crippen LogP) is 3.11. The molecule has 78 valence electrons. The molecule has 0 spiro atoms. The molecule has 1 atom stereocenters. The Morgan fingerprint density at radius 2 is 2.14 bits per heavy atom. The number of benzene rings is 1. The first-order valence-electron chi connectivity index (χ1n) is 4.49. The fourth-order valence-electron chi connectivity index (χ4n) is 1.05.